The van der Waals surface area contributed by atoms with Gasteiger partial charge < -0.3 is 19.6 Å². The van der Waals surface area contributed by atoms with Crippen LogP contribution in [0.4, 0.5) is 11.4 Å². The SMILES string of the molecule is Cc1ccc(N=Nc2c([O-])c(C(=O)[O-])cc3ccccc23)c(S(=O)(=O)[O-])c1.[H+].[Ni+2]. The van der Waals surface area contributed by atoms with Crippen LogP contribution in [0.1, 0.15) is 17.3 Å². The Bertz CT molecular complexity index is 1210. The summed E-state index contributed by atoms with van der Waals surface area (Å²) < 4.78 is 34.3. The minimum atomic E-state index is -4.82. The molecule has 0 unspecified atom stereocenters. The summed E-state index contributed by atoms with van der Waals surface area (Å²) in [6.45, 7) is 1.60. The maximum atomic E-state index is 12.4. The van der Waals surface area contributed by atoms with Gasteiger partial charge in [0.1, 0.15) is 15.8 Å². The van der Waals surface area contributed by atoms with Crippen molar-refractivity contribution in [1.29, 1.82) is 0 Å². The Morgan fingerprint density at radius 1 is 1.07 bits per heavy atom. The first kappa shape index (κ1) is 21.5. The second-order valence-electron chi connectivity index (χ2n) is 5.74. The molecule has 3 aromatic rings. The summed E-state index contributed by atoms with van der Waals surface area (Å²) in [5.41, 5.74) is -0.611. The molecule has 0 fully saturated rings. The number of fused-ring (bicyclic) bond motifs is 1. The summed E-state index contributed by atoms with van der Waals surface area (Å²) in [6.07, 6.45) is 0. The second-order valence-corrected chi connectivity index (χ2v) is 7.08. The largest absolute Gasteiger partial charge is 2.00 e. The van der Waals surface area contributed by atoms with Crippen LogP contribution in [-0.2, 0) is 26.6 Å². The van der Waals surface area contributed by atoms with E-state index >= 15 is 0 Å². The molecule has 0 aliphatic rings. The molecule has 3 rings (SSSR count). The molecule has 0 saturated heterocycles. The van der Waals surface area contributed by atoms with Crippen molar-refractivity contribution in [1.82, 2.24) is 0 Å². The number of hydrogen-bond acceptors (Lipinski definition) is 8. The number of rotatable bonds is 4. The molecule has 0 saturated carbocycles. The summed E-state index contributed by atoms with van der Waals surface area (Å²) in [5, 5.41) is 31.9. The van der Waals surface area contributed by atoms with Crippen molar-refractivity contribution in [3.63, 3.8) is 0 Å². The van der Waals surface area contributed by atoms with E-state index in [2.05, 4.69) is 10.2 Å². The van der Waals surface area contributed by atoms with Crippen molar-refractivity contribution in [3.8, 4) is 5.75 Å². The third kappa shape index (κ3) is 4.19. The molecule has 10 heteroatoms. The van der Waals surface area contributed by atoms with E-state index in [0.717, 1.165) is 6.07 Å². The average Bonchev–Trinajstić information content (AvgIpc) is 2.60. The summed E-state index contributed by atoms with van der Waals surface area (Å²) in [5.74, 6) is -2.59. The summed E-state index contributed by atoms with van der Waals surface area (Å²) in [6, 6.07) is 11.5. The van der Waals surface area contributed by atoms with Gasteiger partial charge in [0.2, 0.25) is 0 Å². The molecule has 28 heavy (non-hydrogen) atoms. The van der Waals surface area contributed by atoms with E-state index in [9.17, 15) is 28.0 Å². The van der Waals surface area contributed by atoms with Crippen molar-refractivity contribution in [2.45, 2.75) is 11.8 Å². The summed E-state index contributed by atoms with van der Waals surface area (Å²) in [7, 11) is -4.82. The molecule has 0 bridgehead atoms. The van der Waals surface area contributed by atoms with Crippen LogP contribution in [0.3, 0.4) is 0 Å². The standard InChI is InChI=1S/C18H14N2O6S.Ni/c1-10-6-7-14(15(8-10)27(24,25)26)19-20-16-12-5-3-2-4-11(12)9-13(17(16)21)18(22)23;/h2-9,21H,1H3,(H,22,23)(H,24,25,26);/q;+2/p-2. The zero-order valence-corrected chi connectivity index (χ0v) is 16.0. The maximum absolute atomic E-state index is 12.4. The fourth-order valence-electron chi connectivity index (χ4n) is 2.57. The number of hydrogen-bond donors (Lipinski definition) is 0. The molecule has 0 aliphatic carbocycles. The number of carboxylic acids is 1. The molecule has 0 spiro atoms. The van der Waals surface area contributed by atoms with Crippen molar-refractivity contribution in [2.24, 2.45) is 10.2 Å². The van der Waals surface area contributed by atoms with E-state index in [4.69, 9.17) is 0 Å². The van der Waals surface area contributed by atoms with Gasteiger partial charge in [0.15, 0.2) is 0 Å². The van der Waals surface area contributed by atoms with Gasteiger partial charge in [-0.25, -0.2) is 8.42 Å². The van der Waals surface area contributed by atoms with Gasteiger partial charge in [-0.1, -0.05) is 36.1 Å². The van der Waals surface area contributed by atoms with Crippen LogP contribution in [-0.4, -0.2) is 18.9 Å². The van der Waals surface area contributed by atoms with E-state index in [0.29, 0.717) is 16.3 Å². The summed E-state index contributed by atoms with van der Waals surface area (Å²) in [4.78, 5) is 10.6. The van der Waals surface area contributed by atoms with E-state index in [1.165, 1.54) is 18.2 Å². The van der Waals surface area contributed by atoms with Crippen LogP contribution in [0.2, 0.25) is 0 Å². The van der Waals surface area contributed by atoms with Crippen LogP contribution in [0, 0.1) is 6.92 Å². The van der Waals surface area contributed by atoms with Crippen molar-refractivity contribution in [3.05, 3.63) is 59.7 Å². The Hall–Kier alpha value is -2.81. The number of carbonyl (C=O) groups is 1. The first-order valence-corrected chi connectivity index (χ1v) is 9.01. The Balaban J connectivity index is 0.00000210. The van der Waals surface area contributed by atoms with E-state index in [-0.39, 0.29) is 29.3 Å². The maximum Gasteiger partial charge on any atom is 2.00 e. The van der Waals surface area contributed by atoms with Gasteiger partial charge in [-0.15, -0.1) is 5.11 Å². The molecular formula is C18H12N2NiO6S. The molecular weight excluding hydrogens is 431 g/mol. The zero-order valence-electron chi connectivity index (χ0n) is 15.2. The molecule has 0 radical (unpaired) electrons. The topological polar surface area (TPSA) is 145 Å². The van der Waals surface area contributed by atoms with Crippen molar-refractivity contribution in [2.75, 3.05) is 0 Å². The number of carbonyl (C=O) groups excluding carboxylic acids is 1. The summed E-state index contributed by atoms with van der Waals surface area (Å²) >= 11 is 0. The minimum Gasteiger partial charge on any atom is -0.871 e. The van der Waals surface area contributed by atoms with Crippen LogP contribution in [0.15, 0.2) is 63.7 Å². The number of aryl methyl sites for hydroxylation is 1. The van der Waals surface area contributed by atoms with Crippen LogP contribution < -0.4 is 10.2 Å². The van der Waals surface area contributed by atoms with Gasteiger partial charge >= 0.3 is 17.9 Å². The second kappa shape index (κ2) is 8.06. The zero-order chi connectivity index (χ0) is 19.8. The van der Waals surface area contributed by atoms with E-state index in [1.54, 1.807) is 31.2 Å². The molecule has 146 valence electrons. The quantitative estimate of drug-likeness (QED) is 0.343. The van der Waals surface area contributed by atoms with Crippen LogP contribution >= 0.6 is 0 Å². The molecule has 0 aromatic heterocycles. The molecule has 3 aromatic carbocycles. The Morgan fingerprint density at radius 3 is 2.39 bits per heavy atom. The monoisotopic (exact) mass is 442 g/mol. The fraction of sp³-hybridized carbons (Fsp3) is 0.0556. The van der Waals surface area contributed by atoms with E-state index < -0.39 is 32.3 Å². The first-order valence-electron chi connectivity index (χ1n) is 7.61. The van der Waals surface area contributed by atoms with Gasteiger partial charge in [0.25, 0.3) is 0 Å². The average molecular weight is 443 g/mol. The molecule has 0 heterocycles. The number of azo groups is 1. The number of nitrogens with zero attached hydrogens (tertiary/aromatic N) is 2. The van der Waals surface area contributed by atoms with Gasteiger partial charge in [-0.05, 0) is 41.6 Å². The Kier molecular flexibility index (Phi) is 6.18. The molecule has 0 amide bonds. The van der Waals surface area contributed by atoms with E-state index in [1.807, 2.05) is 0 Å². The number of aromatic carboxylic acids is 1. The van der Waals surface area contributed by atoms with Gasteiger partial charge in [0, 0.05) is 5.39 Å². The first-order chi connectivity index (χ1) is 12.7. The number of benzene rings is 3. The molecule has 0 N–H and O–H groups in total. The third-order valence-corrected chi connectivity index (χ3v) is 4.70. The smallest absolute Gasteiger partial charge is 0.871 e. The normalized spacial score (nSPS) is 11.5. The third-order valence-electron chi connectivity index (χ3n) is 3.84. The fourth-order valence-corrected chi connectivity index (χ4v) is 3.26. The van der Waals surface area contributed by atoms with Gasteiger partial charge in [0.05, 0.1) is 16.6 Å². The predicted molar refractivity (Wildman–Crippen MR) is 92.2 cm³/mol. The molecule has 0 aliphatic heterocycles. The number of carboxylic acid groups (broad SMARTS) is 1. The van der Waals surface area contributed by atoms with Crippen LogP contribution in [0.5, 0.6) is 5.75 Å². The molecule has 0 atom stereocenters. The Labute approximate surface area is 171 Å². The van der Waals surface area contributed by atoms with Gasteiger partial charge in [-0.2, -0.15) is 5.11 Å². The minimum absolute atomic E-state index is 0. The van der Waals surface area contributed by atoms with Crippen molar-refractivity contribution >= 4 is 38.2 Å². The van der Waals surface area contributed by atoms with Crippen LogP contribution in [0.25, 0.3) is 10.8 Å². The molecule has 8 nitrogen and oxygen atoms in total. The predicted octanol–water partition coefficient (Wildman–Crippen LogP) is 2.01. The van der Waals surface area contributed by atoms with Crippen molar-refractivity contribution < 1.29 is 45.9 Å². The van der Waals surface area contributed by atoms with Gasteiger partial charge in [-0.3, -0.25) is 0 Å². The Morgan fingerprint density at radius 2 is 1.75 bits per heavy atom.